The highest BCUT2D eigenvalue weighted by Crippen LogP contribution is 2.41. The summed E-state index contributed by atoms with van der Waals surface area (Å²) in [5, 5.41) is 10.5. The Morgan fingerprint density at radius 1 is 1.29 bits per heavy atom. The van der Waals surface area contributed by atoms with Crippen molar-refractivity contribution >= 4 is 27.5 Å². The number of nitrogens with zero attached hydrogens (tertiary/aromatic N) is 4. The van der Waals surface area contributed by atoms with Gasteiger partial charge in [-0.1, -0.05) is 6.07 Å². The number of imidazole rings is 1. The van der Waals surface area contributed by atoms with E-state index >= 15 is 0 Å². The van der Waals surface area contributed by atoms with Crippen LogP contribution in [0.1, 0.15) is 64.0 Å². The molecule has 0 bridgehead atoms. The number of carbonyl (C=O) groups is 1. The Hall–Kier alpha value is -3.25. The number of thiazole rings is 1. The number of aromatic amines is 1. The fraction of sp³-hybridized carbons (Fsp3) is 0.364. The SMILES string of the molecule is Cc1nc(C(C)(C)O)oc1C(=O)N1CCc2[nH]cnc2[C@H]1c1nc2c(C(F)(F)F)cccc2s1. The van der Waals surface area contributed by atoms with Crippen molar-refractivity contribution in [3.05, 3.63) is 63.8 Å². The van der Waals surface area contributed by atoms with Gasteiger partial charge in [0, 0.05) is 18.7 Å². The maximum absolute atomic E-state index is 13.6. The second-order valence-corrected chi connectivity index (χ2v) is 9.67. The first-order valence-corrected chi connectivity index (χ1v) is 11.3. The molecule has 4 aromatic rings. The zero-order valence-corrected chi connectivity index (χ0v) is 19.2. The molecular formula is C22H20F3N5O3S. The molecule has 3 aromatic heterocycles. The Labute approximate surface area is 195 Å². The van der Waals surface area contributed by atoms with E-state index in [1.54, 1.807) is 13.0 Å². The number of alkyl halides is 3. The summed E-state index contributed by atoms with van der Waals surface area (Å²) >= 11 is 1.09. The molecule has 0 fully saturated rings. The molecule has 1 atom stereocenters. The number of H-pyrrole nitrogens is 1. The van der Waals surface area contributed by atoms with Crippen LogP contribution in [0, 0.1) is 6.92 Å². The number of aromatic nitrogens is 4. The molecule has 1 amide bonds. The number of benzene rings is 1. The van der Waals surface area contributed by atoms with Gasteiger partial charge < -0.3 is 19.4 Å². The Balaban J connectivity index is 1.63. The minimum atomic E-state index is -4.56. The summed E-state index contributed by atoms with van der Waals surface area (Å²) in [6.45, 7) is 4.84. The Kier molecular flexibility index (Phi) is 5.06. The van der Waals surface area contributed by atoms with Crippen LogP contribution in [0.2, 0.25) is 0 Å². The summed E-state index contributed by atoms with van der Waals surface area (Å²) in [5.41, 5.74) is -0.768. The van der Waals surface area contributed by atoms with Gasteiger partial charge in [0.25, 0.3) is 5.91 Å². The van der Waals surface area contributed by atoms with E-state index in [9.17, 15) is 23.1 Å². The van der Waals surface area contributed by atoms with Gasteiger partial charge in [-0.05, 0) is 32.9 Å². The maximum atomic E-state index is 13.6. The van der Waals surface area contributed by atoms with E-state index in [1.807, 2.05) is 0 Å². The van der Waals surface area contributed by atoms with Crippen molar-refractivity contribution in [3.63, 3.8) is 0 Å². The first-order chi connectivity index (χ1) is 15.9. The third-order valence-corrected chi connectivity index (χ3v) is 6.75. The normalized spacial score (nSPS) is 16.8. The van der Waals surface area contributed by atoms with Gasteiger partial charge in [-0.2, -0.15) is 13.2 Å². The molecule has 1 aromatic carbocycles. The second kappa shape index (κ2) is 7.64. The quantitative estimate of drug-likeness (QED) is 0.441. The molecule has 0 aliphatic carbocycles. The predicted octanol–water partition coefficient (Wildman–Crippen LogP) is 4.35. The number of oxazole rings is 1. The van der Waals surface area contributed by atoms with Gasteiger partial charge in [-0.25, -0.2) is 15.0 Å². The van der Waals surface area contributed by atoms with Crippen molar-refractivity contribution in [2.24, 2.45) is 0 Å². The number of fused-ring (bicyclic) bond motifs is 2. The summed E-state index contributed by atoms with van der Waals surface area (Å²) in [6, 6.07) is 3.09. The number of hydrogen-bond donors (Lipinski definition) is 2. The molecule has 1 aliphatic heterocycles. The molecule has 5 rings (SSSR count). The van der Waals surface area contributed by atoms with E-state index in [1.165, 1.54) is 31.1 Å². The van der Waals surface area contributed by atoms with E-state index in [0.717, 1.165) is 23.1 Å². The van der Waals surface area contributed by atoms with Gasteiger partial charge in [-0.15, -0.1) is 11.3 Å². The van der Waals surface area contributed by atoms with Gasteiger partial charge in [0.1, 0.15) is 16.7 Å². The zero-order chi connectivity index (χ0) is 24.4. The number of aliphatic hydroxyl groups is 1. The van der Waals surface area contributed by atoms with Gasteiger partial charge >= 0.3 is 6.18 Å². The first-order valence-electron chi connectivity index (χ1n) is 10.4. The van der Waals surface area contributed by atoms with Crippen LogP contribution in [-0.2, 0) is 18.2 Å². The van der Waals surface area contributed by atoms with Crippen LogP contribution in [0.3, 0.4) is 0 Å². The second-order valence-electron chi connectivity index (χ2n) is 8.61. The molecule has 0 saturated carbocycles. The Morgan fingerprint density at radius 2 is 2.06 bits per heavy atom. The lowest BCUT2D eigenvalue weighted by Gasteiger charge is -2.33. The highest BCUT2D eigenvalue weighted by molar-refractivity contribution is 7.18. The maximum Gasteiger partial charge on any atom is 0.418 e. The monoisotopic (exact) mass is 491 g/mol. The summed E-state index contributed by atoms with van der Waals surface area (Å²) in [4.78, 5) is 31.0. The van der Waals surface area contributed by atoms with Crippen LogP contribution < -0.4 is 0 Å². The average Bonchev–Trinajstić information content (AvgIpc) is 3.48. The molecule has 4 heterocycles. The first kappa shape index (κ1) is 22.5. The van der Waals surface area contributed by atoms with E-state index < -0.39 is 29.3 Å². The standard InChI is InChI=1S/C22H20F3N5O3S/c1-10-17(33-20(28-10)21(2,3)32)19(31)30-8-7-12-15(27-9-26-12)16(30)18-29-14-11(22(23,24)25)5-4-6-13(14)34-18/h4-6,9,16,32H,7-8H2,1-3H3,(H,26,27)/t16-/m0/s1. The minimum Gasteiger partial charge on any atom is -0.432 e. The van der Waals surface area contributed by atoms with Gasteiger partial charge in [0.15, 0.2) is 0 Å². The molecule has 34 heavy (non-hydrogen) atoms. The summed E-state index contributed by atoms with van der Waals surface area (Å²) in [7, 11) is 0. The van der Waals surface area contributed by atoms with Crippen LogP contribution in [0.5, 0.6) is 0 Å². The number of para-hydroxylation sites is 1. The molecule has 0 unspecified atom stereocenters. The number of rotatable bonds is 3. The number of hydrogen-bond acceptors (Lipinski definition) is 7. The minimum absolute atomic E-state index is 0.00262. The highest BCUT2D eigenvalue weighted by atomic mass is 32.1. The van der Waals surface area contributed by atoms with Crippen molar-refractivity contribution in [1.82, 2.24) is 24.8 Å². The average molecular weight is 491 g/mol. The van der Waals surface area contributed by atoms with Gasteiger partial charge in [-0.3, -0.25) is 4.79 Å². The largest absolute Gasteiger partial charge is 0.432 e. The van der Waals surface area contributed by atoms with Crippen LogP contribution in [0.15, 0.2) is 28.9 Å². The van der Waals surface area contributed by atoms with Crippen molar-refractivity contribution in [2.45, 2.75) is 45.0 Å². The molecule has 1 aliphatic rings. The van der Waals surface area contributed by atoms with Crippen molar-refractivity contribution in [3.8, 4) is 0 Å². The molecule has 178 valence electrons. The number of amides is 1. The van der Waals surface area contributed by atoms with Crippen LogP contribution >= 0.6 is 11.3 Å². The molecule has 12 heteroatoms. The topological polar surface area (TPSA) is 108 Å². The van der Waals surface area contributed by atoms with Crippen molar-refractivity contribution in [1.29, 1.82) is 0 Å². The van der Waals surface area contributed by atoms with E-state index in [0.29, 0.717) is 27.5 Å². The van der Waals surface area contributed by atoms with E-state index in [2.05, 4.69) is 19.9 Å². The Morgan fingerprint density at radius 3 is 2.74 bits per heavy atom. The predicted molar refractivity (Wildman–Crippen MR) is 116 cm³/mol. The van der Waals surface area contributed by atoms with Crippen LogP contribution in [-0.4, -0.2) is 42.4 Å². The molecule has 0 saturated heterocycles. The summed E-state index contributed by atoms with van der Waals surface area (Å²) in [5.74, 6) is -0.551. The number of nitrogens with one attached hydrogen (secondary N) is 1. The fourth-order valence-corrected chi connectivity index (χ4v) is 5.16. The number of carbonyl (C=O) groups excluding carboxylic acids is 1. The van der Waals surface area contributed by atoms with Gasteiger partial charge in [0.05, 0.1) is 33.5 Å². The van der Waals surface area contributed by atoms with Gasteiger partial charge in [0.2, 0.25) is 11.7 Å². The highest BCUT2D eigenvalue weighted by Gasteiger charge is 2.40. The molecule has 8 nitrogen and oxygen atoms in total. The fourth-order valence-electron chi connectivity index (χ4n) is 4.04. The van der Waals surface area contributed by atoms with E-state index in [-0.39, 0.29) is 23.7 Å². The summed E-state index contributed by atoms with van der Waals surface area (Å²) < 4.78 is 46.7. The zero-order valence-electron chi connectivity index (χ0n) is 18.4. The molecule has 0 radical (unpaired) electrons. The molecule has 2 N–H and O–H groups in total. The third kappa shape index (κ3) is 3.66. The van der Waals surface area contributed by atoms with Crippen LogP contribution in [0.4, 0.5) is 13.2 Å². The lowest BCUT2D eigenvalue weighted by molar-refractivity contribution is -0.136. The lowest BCUT2D eigenvalue weighted by Crippen LogP contribution is -2.40. The number of aryl methyl sites for hydroxylation is 1. The van der Waals surface area contributed by atoms with Crippen molar-refractivity contribution in [2.75, 3.05) is 6.54 Å². The lowest BCUT2D eigenvalue weighted by atomic mass is 10.0. The summed E-state index contributed by atoms with van der Waals surface area (Å²) in [6.07, 6.45) is -2.59. The smallest absolute Gasteiger partial charge is 0.418 e. The van der Waals surface area contributed by atoms with E-state index in [4.69, 9.17) is 4.42 Å². The van der Waals surface area contributed by atoms with Crippen LogP contribution in [0.25, 0.3) is 10.2 Å². The number of halogens is 3. The third-order valence-electron chi connectivity index (χ3n) is 5.67. The molecular weight excluding hydrogens is 471 g/mol. The Bertz CT molecular complexity index is 1400. The molecule has 0 spiro atoms. The van der Waals surface area contributed by atoms with Crippen molar-refractivity contribution < 1.29 is 27.5 Å².